The van der Waals surface area contributed by atoms with Crippen LogP contribution in [-0.2, 0) is 10.0 Å². The minimum Gasteiger partial charge on any atom is -0.268 e. The number of rotatable bonds is 3. The number of hydrogen-bond donors (Lipinski definition) is 1. The third-order valence-corrected chi connectivity index (χ3v) is 4.36. The first-order valence-electron chi connectivity index (χ1n) is 6.07. The number of carbonyl (C=O) groups is 1. The number of hydrogen-bond acceptors (Lipinski definition) is 4. The third-order valence-electron chi connectivity index (χ3n) is 2.86. The van der Waals surface area contributed by atoms with E-state index in [9.17, 15) is 13.2 Å². The van der Waals surface area contributed by atoms with Crippen molar-refractivity contribution in [2.45, 2.75) is 11.8 Å². The van der Waals surface area contributed by atoms with Crippen molar-refractivity contribution in [2.75, 3.05) is 0 Å². The van der Waals surface area contributed by atoms with Gasteiger partial charge < -0.3 is 0 Å². The van der Waals surface area contributed by atoms with Crippen LogP contribution in [0.5, 0.6) is 0 Å². The van der Waals surface area contributed by atoms with Crippen LogP contribution in [0.25, 0.3) is 0 Å². The summed E-state index contributed by atoms with van der Waals surface area (Å²) in [5.41, 5.74) is 0.950. The highest BCUT2D eigenvalue weighted by atomic mass is 32.2. The SMILES string of the molecule is Cc1ccccc1S(=O)(=O)NC(=O)c1cccc(C#N)c1. The van der Waals surface area contributed by atoms with E-state index in [0.29, 0.717) is 5.56 Å². The zero-order valence-corrected chi connectivity index (χ0v) is 12.0. The minimum atomic E-state index is -3.94. The minimum absolute atomic E-state index is 0.0507. The molecule has 0 fully saturated rings. The number of amides is 1. The second-order valence-electron chi connectivity index (χ2n) is 4.39. The summed E-state index contributed by atoms with van der Waals surface area (Å²) in [7, 11) is -3.94. The Morgan fingerprint density at radius 2 is 1.86 bits per heavy atom. The van der Waals surface area contributed by atoms with Gasteiger partial charge in [0.25, 0.3) is 15.9 Å². The zero-order chi connectivity index (χ0) is 15.5. The Hall–Kier alpha value is -2.65. The van der Waals surface area contributed by atoms with E-state index in [-0.39, 0.29) is 16.0 Å². The second-order valence-corrected chi connectivity index (χ2v) is 6.04. The van der Waals surface area contributed by atoms with Gasteiger partial charge in [-0.05, 0) is 36.8 Å². The van der Waals surface area contributed by atoms with Gasteiger partial charge in [0.15, 0.2) is 0 Å². The molecule has 6 heteroatoms. The zero-order valence-electron chi connectivity index (χ0n) is 11.2. The fraction of sp³-hybridized carbons (Fsp3) is 0.0667. The van der Waals surface area contributed by atoms with Crippen LogP contribution in [0.4, 0.5) is 0 Å². The maximum absolute atomic E-state index is 12.2. The molecule has 0 aromatic heterocycles. The summed E-state index contributed by atoms with van der Waals surface area (Å²) in [6, 6.07) is 14.1. The average Bonchev–Trinajstić information content (AvgIpc) is 2.47. The van der Waals surface area contributed by atoms with E-state index in [2.05, 4.69) is 0 Å². The highest BCUT2D eigenvalue weighted by molar-refractivity contribution is 7.90. The van der Waals surface area contributed by atoms with Crippen molar-refractivity contribution in [3.05, 3.63) is 65.2 Å². The maximum atomic E-state index is 12.2. The van der Waals surface area contributed by atoms with Crippen molar-refractivity contribution in [1.82, 2.24) is 4.72 Å². The molecule has 1 amide bonds. The molecular weight excluding hydrogens is 288 g/mol. The first-order valence-corrected chi connectivity index (χ1v) is 7.55. The van der Waals surface area contributed by atoms with Gasteiger partial charge in [0.1, 0.15) is 0 Å². The summed E-state index contributed by atoms with van der Waals surface area (Å²) in [5.74, 6) is -0.768. The lowest BCUT2D eigenvalue weighted by molar-refractivity contribution is 0.0981. The number of carbonyl (C=O) groups excluding carboxylic acids is 1. The average molecular weight is 300 g/mol. The van der Waals surface area contributed by atoms with Crippen LogP contribution in [0.3, 0.4) is 0 Å². The summed E-state index contributed by atoms with van der Waals surface area (Å²) in [4.78, 5) is 12.1. The van der Waals surface area contributed by atoms with Crippen molar-refractivity contribution < 1.29 is 13.2 Å². The second kappa shape index (κ2) is 5.77. The van der Waals surface area contributed by atoms with E-state index in [0.717, 1.165) is 0 Å². The van der Waals surface area contributed by atoms with Crippen LogP contribution >= 0.6 is 0 Å². The molecule has 0 aliphatic heterocycles. The van der Waals surface area contributed by atoms with Gasteiger partial charge in [-0.3, -0.25) is 4.79 Å². The first-order chi connectivity index (χ1) is 9.94. The molecule has 0 saturated carbocycles. The lowest BCUT2D eigenvalue weighted by atomic mass is 10.1. The number of benzene rings is 2. The molecule has 106 valence electrons. The van der Waals surface area contributed by atoms with Gasteiger partial charge in [-0.25, -0.2) is 13.1 Å². The largest absolute Gasteiger partial charge is 0.268 e. The molecule has 0 atom stereocenters. The van der Waals surface area contributed by atoms with Gasteiger partial charge in [0.05, 0.1) is 16.5 Å². The van der Waals surface area contributed by atoms with E-state index in [1.165, 1.54) is 30.3 Å². The molecule has 21 heavy (non-hydrogen) atoms. The molecule has 5 nitrogen and oxygen atoms in total. The molecule has 0 aliphatic rings. The monoisotopic (exact) mass is 300 g/mol. The fourth-order valence-electron chi connectivity index (χ4n) is 1.82. The smallest absolute Gasteiger partial charge is 0.265 e. The van der Waals surface area contributed by atoms with Crippen molar-refractivity contribution >= 4 is 15.9 Å². The Bertz CT molecular complexity index is 836. The Labute approximate surface area is 122 Å². The summed E-state index contributed by atoms with van der Waals surface area (Å²) >= 11 is 0. The van der Waals surface area contributed by atoms with Crippen LogP contribution in [0.15, 0.2) is 53.4 Å². The molecule has 2 rings (SSSR count). The highest BCUT2D eigenvalue weighted by Crippen LogP contribution is 2.14. The van der Waals surface area contributed by atoms with Crippen LogP contribution < -0.4 is 4.72 Å². The Morgan fingerprint density at radius 1 is 1.14 bits per heavy atom. The van der Waals surface area contributed by atoms with Gasteiger partial charge in [0, 0.05) is 5.56 Å². The van der Waals surface area contributed by atoms with E-state index >= 15 is 0 Å². The molecule has 0 radical (unpaired) electrons. The van der Waals surface area contributed by atoms with Crippen LogP contribution in [0.1, 0.15) is 21.5 Å². The van der Waals surface area contributed by atoms with Crippen molar-refractivity contribution in [2.24, 2.45) is 0 Å². The van der Waals surface area contributed by atoms with Gasteiger partial charge in [-0.15, -0.1) is 0 Å². The maximum Gasteiger partial charge on any atom is 0.265 e. The standard InChI is InChI=1S/C15H12N2O3S/c1-11-5-2-3-8-14(11)21(19,20)17-15(18)13-7-4-6-12(9-13)10-16/h2-9H,1H3,(H,17,18). The lowest BCUT2D eigenvalue weighted by Gasteiger charge is -2.09. The molecule has 0 spiro atoms. The predicted octanol–water partition coefficient (Wildman–Crippen LogP) is 1.99. The topological polar surface area (TPSA) is 87.0 Å². The summed E-state index contributed by atoms with van der Waals surface area (Å²) in [6.45, 7) is 1.65. The number of aryl methyl sites for hydroxylation is 1. The quantitative estimate of drug-likeness (QED) is 0.939. The van der Waals surface area contributed by atoms with Gasteiger partial charge in [-0.1, -0.05) is 24.3 Å². The summed E-state index contributed by atoms with van der Waals surface area (Å²) < 4.78 is 26.4. The molecule has 0 unspecified atom stereocenters. The number of nitrogens with one attached hydrogen (secondary N) is 1. The lowest BCUT2D eigenvalue weighted by Crippen LogP contribution is -2.31. The van der Waals surface area contributed by atoms with Crippen LogP contribution in [-0.4, -0.2) is 14.3 Å². The Balaban J connectivity index is 2.31. The number of nitrogens with zero attached hydrogens (tertiary/aromatic N) is 1. The van der Waals surface area contributed by atoms with Gasteiger partial charge in [-0.2, -0.15) is 5.26 Å². The van der Waals surface area contributed by atoms with Crippen molar-refractivity contribution in [3.63, 3.8) is 0 Å². The molecule has 0 aliphatic carbocycles. The van der Waals surface area contributed by atoms with E-state index in [1.54, 1.807) is 25.1 Å². The summed E-state index contributed by atoms with van der Waals surface area (Å²) in [5, 5.41) is 8.79. The normalized spacial score (nSPS) is 10.7. The fourth-order valence-corrected chi connectivity index (χ4v) is 3.05. The van der Waals surface area contributed by atoms with Gasteiger partial charge in [0.2, 0.25) is 0 Å². The molecular formula is C15H12N2O3S. The third kappa shape index (κ3) is 3.27. The first kappa shape index (κ1) is 14.8. The van der Waals surface area contributed by atoms with Crippen LogP contribution in [0.2, 0.25) is 0 Å². The number of nitriles is 1. The molecule has 2 aromatic rings. The summed E-state index contributed by atoms with van der Waals surface area (Å²) in [6.07, 6.45) is 0. The van der Waals surface area contributed by atoms with E-state index < -0.39 is 15.9 Å². The predicted molar refractivity (Wildman–Crippen MR) is 77.0 cm³/mol. The van der Waals surface area contributed by atoms with Crippen LogP contribution in [0, 0.1) is 18.3 Å². The van der Waals surface area contributed by atoms with Crippen molar-refractivity contribution in [1.29, 1.82) is 5.26 Å². The molecule has 0 heterocycles. The Kier molecular flexibility index (Phi) is 4.05. The molecule has 2 aromatic carbocycles. The van der Waals surface area contributed by atoms with E-state index in [1.807, 2.05) is 10.8 Å². The molecule has 0 saturated heterocycles. The Morgan fingerprint density at radius 3 is 2.52 bits per heavy atom. The van der Waals surface area contributed by atoms with Crippen molar-refractivity contribution in [3.8, 4) is 6.07 Å². The molecule has 0 bridgehead atoms. The van der Waals surface area contributed by atoms with E-state index in [4.69, 9.17) is 5.26 Å². The highest BCUT2D eigenvalue weighted by Gasteiger charge is 2.20. The molecule has 1 N–H and O–H groups in total. The van der Waals surface area contributed by atoms with Gasteiger partial charge >= 0.3 is 0 Å². The number of sulfonamides is 1.